The lowest BCUT2D eigenvalue weighted by Gasteiger charge is -2.11. The Morgan fingerprint density at radius 1 is 1.17 bits per heavy atom. The van der Waals surface area contributed by atoms with Crippen LogP contribution in [0.5, 0.6) is 0 Å². The van der Waals surface area contributed by atoms with E-state index in [9.17, 15) is 9.65 Å². The highest BCUT2D eigenvalue weighted by atomic mass is 79.9. The largest absolute Gasteiger partial charge is 0.383 e. The molecule has 2 aromatic heterocycles. The van der Waals surface area contributed by atoms with Gasteiger partial charge in [-0.3, -0.25) is 4.98 Å². The highest BCUT2D eigenvalue weighted by molar-refractivity contribution is 9.10. The van der Waals surface area contributed by atoms with Crippen LogP contribution in [-0.4, -0.2) is 9.97 Å². The molecule has 0 saturated carbocycles. The van der Waals surface area contributed by atoms with Crippen LogP contribution in [0.3, 0.4) is 0 Å². The summed E-state index contributed by atoms with van der Waals surface area (Å²) in [5, 5.41) is 9.37. The molecule has 0 amide bonds. The van der Waals surface area contributed by atoms with E-state index in [4.69, 9.17) is 5.73 Å². The number of nitrogens with two attached hydrogens (primary N) is 1. The van der Waals surface area contributed by atoms with Gasteiger partial charge in [0.15, 0.2) is 0 Å². The van der Waals surface area contributed by atoms with Crippen LogP contribution in [0.2, 0.25) is 0 Å². The number of hydrogen-bond acceptors (Lipinski definition) is 4. The van der Waals surface area contributed by atoms with Gasteiger partial charge in [-0.2, -0.15) is 5.26 Å². The fourth-order valence-corrected chi connectivity index (χ4v) is 2.62. The molecule has 2 heterocycles. The van der Waals surface area contributed by atoms with Crippen molar-refractivity contribution in [3.8, 4) is 28.5 Å². The van der Waals surface area contributed by atoms with E-state index in [1.807, 2.05) is 12.1 Å². The first kappa shape index (κ1) is 15.1. The zero-order valence-corrected chi connectivity index (χ0v) is 13.4. The van der Waals surface area contributed by atoms with E-state index in [1.54, 1.807) is 36.7 Å². The minimum Gasteiger partial charge on any atom is -0.383 e. The molecule has 1 aromatic carbocycles. The maximum absolute atomic E-state index is 14.2. The van der Waals surface area contributed by atoms with Crippen molar-refractivity contribution in [1.82, 2.24) is 9.97 Å². The molecule has 112 valence electrons. The Bertz CT molecular complexity index is 920. The average Bonchev–Trinajstić information content (AvgIpc) is 2.57. The maximum atomic E-state index is 14.2. The minimum absolute atomic E-state index is 0.0585. The molecule has 0 aliphatic heterocycles. The SMILES string of the molecule is N#Cc1c(-c2cc(Br)ccc2F)cc(-c2cccnc2)nc1N. The number of halogens is 2. The van der Waals surface area contributed by atoms with E-state index >= 15 is 0 Å². The Labute approximate surface area is 140 Å². The minimum atomic E-state index is -0.438. The van der Waals surface area contributed by atoms with Crippen LogP contribution in [-0.2, 0) is 0 Å². The molecule has 3 aromatic rings. The molecule has 0 fully saturated rings. The summed E-state index contributed by atoms with van der Waals surface area (Å²) in [5.41, 5.74) is 8.01. The van der Waals surface area contributed by atoms with Crippen LogP contribution in [0.4, 0.5) is 10.2 Å². The first-order valence-corrected chi connectivity index (χ1v) is 7.46. The summed E-state index contributed by atoms with van der Waals surface area (Å²) in [7, 11) is 0. The summed E-state index contributed by atoms with van der Waals surface area (Å²) in [4.78, 5) is 8.27. The molecule has 0 bridgehead atoms. The van der Waals surface area contributed by atoms with Crippen LogP contribution in [0.1, 0.15) is 5.56 Å². The van der Waals surface area contributed by atoms with E-state index in [-0.39, 0.29) is 16.9 Å². The number of rotatable bonds is 2. The van der Waals surface area contributed by atoms with Gasteiger partial charge in [-0.25, -0.2) is 9.37 Å². The number of hydrogen-bond donors (Lipinski definition) is 1. The second kappa shape index (κ2) is 6.15. The molecule has 0 aliphatic carbocycles. The van der Waals surface area contributed by atoms with E-state index < -0.39 is 5.82 Å². The van der Waals surface area contributed by atoms with E-state index in [0.717, 1.165) is 5.56 Å². The molecule has 0 unspecified atom stereocenters. The number of anilines is 1. The van der Waals surface area contributed by atoms with Gasteiger partial charge in [0.2, 0.25) is 0 Å². The van der Waals surface area contributed by atoms with Gasteiger partial charge in [0.05, 0.1) is 5.69 Å². The summed E-state index contributed by atoms with van der Waals surface area (Å²) in [5.74, 6) is -0.379. The Balaban J connectivity index is 2.29. The Morgan fingerprint density at radius 2 is 2.00 bits per heavy atom. The van der Waals surface area contributed by atoms with Gasteiger partial charge in [-0.1, -0.05) is 15.9 Å². The Morgan fingerprint density at radius 3 is 2.70 bits per heavy atom. The van der Waals surface area contributed by atoms with E-state index in [0.29, 0.717) is 15.7 Å². The van der Waals surface area contributed by atoms with Gasteiger partial charge in [0.1, 0.15) is 23.3 Å². The summed E-state index contributed by atoms with van der Waals surface area (Å²) >= 11 is 3.32. The number of nitriles is 1. The van der Waals surface area contributed by atoms with Crippen molar-refractivity contribution in [1.29, 1.82) is 5.26 Å². The zero-order valence-electron chi connectivity index (χ0n) is 11.8. The lowest BCUT2D eigenvalue weighted by molar-refractivity contribution is 0.631. The Kier molecular flexibility index (Phi) is 4.04. The molecular weight excluding hydrogens is 359 g/mol. The first-order chi connectivity index (χ1) is 11.1. The lowest BCUT2D eigenvalue weighted by Crippen LogP contribution is -2.00. The second-order valence-corrected chi connectivity index (χ2v) is 5.71. The molecular formula is C17H10BrFN4. The van der Waals surface area contributed by atoms with Crippen molar-refractivity contribution in [3.63, 3.8) is 0 Å². The summed E-state index contributed by atoms with van der Waals surface area (Å²) < 4.78 is 14.9. The molecule has 4 nitrogen and oxygen atoms in total. The molecule has 23 heavy (non-hydrogen) atoms. The summed E-state index contributed by atoms with van der Waals surface area (Å²) in [6.45, 7) is 0. The normalized spacial score (nSPS) is 10.3. The van der Waals surface area contributed by atoms with Crippen LogP contribution in [0.25, 0.3) is 22.4 Å². The third-order valence-electron chi connectivity index (χ3n) is 3.34. The molecule has 0 spiro atoms. The van der Waals surface area contributed by atoms with Crippen LogP contribution in [0, 0.1) is 17.1 Å². The molecule has 0 aliphatic rings. The predicted octanol–water partition coefficient (Wildman–Crippen LogP) is 4.17. The van der Waals surface area contributed by atoms with Crippen molar-refractivity contribution in [2.75, 3.05) is 5.73 Å². The molecule has 6 heteroatoms. The second-order valence-electron chi connectivity index (χ2n) is 4.79. The van der Waals surface area contributed by atoms with Gasteiger partial charge in [0, 0.05) is 33.6 Å². The fourth-order valence-electron chi connectivity index (χ4n) is 2.26. The number of aromatic nitrogens is 2. The molecule has 0 radical (unpaired) electrons. The van der Waals surface area contributed by atoms with Gasteiger partial charge >= 0.3 is 0 Å². The molecule has 0 atom stereocenters. The summed E-state index contributed by atoms with van der Waals surface area (Å²) in [6.07, 6.45) is 3.28. The van der Waals surface area contributed by atoms with Gasteiger partial charge in [-0.05, 0) is 36.4 Å². The topological polar surface area (TPSA) is 75.6 Å². The number of nitrogen functional groups attached to an aromatic ring is 1. The van der Waals surface area contributed by atoms with Crippen molar-refractivity contribution >= 4 is 21.7 Å². The third kappa shape index (κ3) is 2.91. The van der Waals surface area contributed by atoms with Crippen LogP contribution in [0.15, 0.2) is 53.3 Å². The van der Waals surface area contributed by atoms with E-state index in [1.165, 1.54) is 6.07 Å². The number of benzene rings is 1. The molecule has 0 saturated heterocycles. The standard InChI is InChI=1S/C17H10BrFN4/c18-11-3-4-15(19)13(6-11)12-7-16(10-2-1-5-22-9-10)23-17(21)14(12)8-20/h1-7,9H,(H2,21,23). The van der Waals surface area contributed by atoms with Crippen molar-refractivity contribution in [2.45, 2.75) is 0 Å². The zero-order chi connectivity index (χ0) is 16.4. The van der Waals surface area contributed by atoms with Gasteiger partial charge in [-0.15, -0.1) is 0 Å². The molecule has 2 N–H and O–H groups in total. The third-order valence-corrected chi connectivity index (χ3v) is 3.83. The van der Waals surface area contributed by atoms with E-state index in [2.05, 4.69) is 25.9 Å². The van der Waals surface area contributed by atoms with Crippen LogP contribution < -0.4 is 5.73 Å². The lowest BCUT2D eigenvalue weighted by atomic mass is 9.98. The first-order valence-electron chi connectivity index (χ1n) is 6.66. The maximum Gasteiger partial charge on any atom is 0.142 e. The fraction of sp³-hybridized carbons (Fsp3) is 0. The molecule has 3 rings (SSSR count). The number of nitrogens with zero attached hydrogens (tertiary/aromatic N) is 3. The van der Waals surface area contributed by atoms with Crippen molar-refractivity contribution in [2.24, 2.45) is 0 Å². The number of pyridine rings is 2. The predicted molar refractivity (Wildman–Crippen MR) is 89.7 cm³/mol. The monoisotopic (exact) mass is 368 g/mol. The smallest absolute Gasteiger partial charge is 0.142 e. The van der Waals surface area contributed by atoms with Gasteiger partial charge in [0.25, 0.3) is 0 Å². The van der Waals surface area contributed by atoms with Crippen molar-refractivity contribution < 1.29 is 4.39 Å². The average molecular weight is 369 g/mol. The highest BCUT2D eigenvalue weighted by Crippen LogP contribution is 2.33. The van der Waals surface area contributed by atoms with Gasteiger partial charge < -0.3 is 5.73 Å². The quantitative estimate of drug-likeness (QED) is 0.736. The highest BCUT2D eigenvalue weighted by Gasteiger charge is 2.16. The Hall–Kier alpha value is -2.78. The van der Waals surface area contributed by atoms with Crippen LogP contribution >= 0.6 is 15.9 Å². The summed E-state index contributed by atoms with van der Waals surface area (Å²) in [6, 6.07) is 11.8. The van der Waals surface area contributed by atoms with Crippen molar-refractivity contribution in [3.05, 3.63) is 64.6 Å².